The molecular weight excluding hydrogens is 270 g/mol. The number of carbonyl (C=O) groups excluding carboxylic acids is 1. The van der Waals surface area contributed by atoms with Crippen LogP contribution < -0.4 is 4.74 Å². The molecule has 0 spiro atoms. The Labute approximate surface area is 122 Å². The van der Waals surface area contributed by atoms with Crippen molar-refractivity contribution in [3.8, 4) is 11.8 Å². The molecule has 6 nitrogen and oxygen atoms in total. The van der Waals surface area contributed by atoms with E-state index in [-0.39, 0.29) is 5.97 Å². The van der Waals surface area contributed by atoms with Crippen molar-refractivity contribution in [2.45, 2.75) is 13.5 Å². The van der Waals surface area contributed by atoms with Crippen LogP contribution in [0.3, 0.4) is 0 Å². The smallest absolute Gasteiger partial charge is 0.341 e. The Morgan fingerprint density at radius 2 is 2.33 bits per heavy atom. The number of nitriles is 1. The van der Waals surface area contributed by atoms with E-state index >= 15 is 0 Å². The molecule has 0 saturated heterocycles. The van der Waals surface area contributed by atoms with Crippen molar-refractivity contribution in [1.82, 2.24) is 9.78 Å². The Morgan fingerprint density at radius 3 is 3.10 bits per heavy atom. The number of hydrogen-bond acceptors (Lipinski definition) is 5. The summed E-state index contributed by atoms with van der Waals surface area (Å²) >= 11 is 0. The van der Waals surface area contributed by atoms with Crippen molar-refractivity contribution < 1.29 is 14.3 Å². The van der Waals surface area contributed by atoms with Crippen molar-refractivity contribution in [3.05, 3.63) is 47.8 Å². The molecule has 0 bridgehead atoms. The zero-order chi connectivity index (χ0) is 15.1. The number of nitrogens with zero attached hydrogens (tertiary/aromatic N) is 3. The number of benzene rings is 1. The number of rotatable bonds is 6. The van der Waals surface area contributed by atoms with E-state index in [1.54, 1.807) is 42.1 Å². The summed E-state index contributed by atoms with van der Waals surface area (Å²) in [7, 11) is 0. The van der Waals surface area contributed by atoms with Crippen molar-refractivity contribution in [2.24, 2.45) is 0 Å². The van der Waals surface area contributed by atoms with Crippen LogP contribution >= 0.6 is 0 Å². The molecule has 21 heavy (non-hydrogen) atoms. The van der Waals surface area contributed by atoms with Gasteiger partial charge in [-0.3, -0.25) is 4.68 Å². The van der Waals surface area contributed by atoms with E-state index in [2.05, 4.69) is 11.2 Å². The van der Waals surface area contributed by atoms with E-state index < -0.39 is 0 Å². The van der Waals surface area contributed by atoms with Gasteiger partial charge in [0.15, 0.2) is 0 Å². The standard InChI is InChI=1S/C15H15N3O3/c1-2-20-15(19)13-10-17-18(11-13)6-7-21-14-5-3-4-12(8-14)9-16/h3-5,8,10-11H,2,6-7H2,1H3. The molecule has 1 aromatic heterocycles. The fourth-order valence-corrected chi connectivity index (χ4v) is 1.72. The lowest BCUT2D eigenvalue weighted by Gasteiger charge is -2.06. The first-order valence-electron chi connectivity index (χ1n) is 6.55. The molecule has 0 aliphatic carbocycles. The monoisotopic (exact) mass is 285 g/mol. The van der Waals surface area contributed by atoms with Gasteiger partial charge in [0.25, 0.3) is 0 Å². The first kappa shape index (κ1) is 14.6. The summed E-state index contributed by atoms with van der Waals surface area (Å²) in [6.45, 7) is 2.98. The highest BCUT2D eigenvalue weighted by Gasteiger charge is 2.09. The maximum atomic E-state index is 11.5. The molecule has 1 heterocycles. The van der Waals surface area contributed by atoms with Crippen LogP contribution in [-0.2, 0) is 11.3 Å². The second-order valence-corrected chi connectivity index (χ2v) is 4.20. The van der Waals surface area contributed by atoms with Gasteiger partial charge >= 0.3 is 5.97 Å². The summed E-state index contributed by atoms with van der Waals surface area (Å²) in [5.74, 6) is 0.248. The number of ether oxygens (including phenoxy) is 2. The molecule has 0 unspecified atom stereocenters. The van der Waals surface area contributed by atoms with Crippen LogP contribution in [-0.4, -0.2) is 29.0 Å². The summed E-state index contributed by atoms with van der Waals surface area (Å²) in [5, 5.41) is 12.9. The van der Waals surface area contributed by atoms with Crippen LogP contribution in [0.2, 0.25) is 0 Å². The van der Waals surface area contributed by atoms with Crippen LogP contribution in [0.4, 0.5) is 0 Å². The zero-order valence-corrected chi connectivity index (χ0v) is 11.7. The minimum Gasteiger partial charge on any atom is -0.492 e. The van der Waals surface area contributed by atoms with Gasteiger partial charge in [0.1, 0.15) is 12.4 Å². The van der Waals surface area contributed by atoms with Crippen LogP contribution in [0.1, 0.15) is 22.8 Å². The van der Waals surface area contributed by atoms with Gasteiger partial charge in [-0.25, -0.2) is 4.79 Å². The highest BCUT2D eigenvalue weighted by atomic mass is 16.5. The fraction of sp³-hybridized carbons (Fsp3) is 0.267. The van der Waals surface area contributed by atoms with Crippen molar-refractivity contribution >= 4 is 5.97 Å². The molecule has 108 valence electrons. The molecule has 2 rings (SSSR count). The zero-order valence-electron chi connectivity index (χ0n) is 11.7. The van der Waals surface area contributed by atoms with Crippen LogP contribution in [0.25, 0.3) is 0 Å². The van der Waals surface area contributed by atoms with Crippen LogP contribution in [0.5, 0.6) is 5.75 Å². The average Bonchev–Trinajstić information content (AvgIpc) is 2.97. The molecule has 0 fully saturated rings. The second-order valence-electron chi connectivity index (χ2n) is 4.20. The van der Waals surface area contributed by atoms with Gasteiger partial charge in [-0.2, -0.15) is 10.4 Å². The van der Waals surface area contributed by atoms with Gasteiger partial charge < -0.3 is 9.47 Å². The summed E-state index contributed by atoms with van der Waals surface area (Å²) in [5.41, 5.74) is 0.972. The minimum atomic E-state index is -0.383. The van der Waals surface area contributed by atoms with Gasteiger partial charge in [-0.1, -0.05) is 6.07 Å². The summed E-state index contributed by atoms with van der Waals surface area (Å²) in [6.07, 6.45) is 3.08. The topological polar surface area (TPSA) is 77.1 Å². The molecule has 6 heteroatoms. The maximum Gasteiger partial charge on any atom is 0.341 e. The largest absolute Gasteiger partial charge is 0.492 e. The van der Waals surface area contributed by atoms with E-state index in [9.17, 15) is 4.79 Å². The maximum absolute atomic E-state index is 11.5. The Bertz CT molecular complexity index is 658. The van der Waals surface area contributed by atoms with E-state index in [1.165, 1.54) is 6.20 Å². The summed E-state index contributed by atoms with van der Waals surface area (Å²) in [4.78, 5) is 11.5. The van der Waals surface area contributed by atoms with Crippen LogP contribution in [0, 0.1) is 11.3 Å². The molecule has 0 atom stereocenters. The minimum absolute atomic E-state index is 0.336. The molecule has 0 radical (unpaired) electrons. The molecule has 0 aliphatic rings. The highest BCUT2D eigenvalue weighted by Crippen LogP contribution is 2.12. The van der Waals surface area contributed by atoms with Crippen molar-refractivity contribution in [1.29, 1.82) is 5.26 Å². The third kappa shape index (κ3) is 4.08. The molecule has 0 N–H and O–H groups in total. The quantitative estimate of drug-likeness (QED) is 0.759. The molecule has 1 aromatic carbocycles. The number of hydrogen-bond donors (Lipinski definition) is 0. The predicted octanol–water partition coefficient (Wildman–Crippen LogP) is 2.01. The summed E-state index contributed by atoms with van der Waals surface area (Å²) < 4.78 is 12.0. The Kier molecular flexibility index (Phi) is 4.94. The molecule has 2 aromatic rings. The van der Waals surface area contributed by atoms with Crippen molar-refractivity contribution in [2.75, 3.05) is 13.2 Å². The molecule has 0 aliphatic heterocycles. The average molecular weight is 285 g/mol. The van der Waals surface area contributed by atoms with Crippen molar-refractivity contribution in [3.63, 3.8) is 0 Å². The Morgan fingerprint density at radius 1 is 1.48 bits per heavy atom. The number of carbonyl (C=O) groups is 1. The van der Waals surface area contributed by atoms with E-state index in [4.69, 9.17) is 14.7 Å². The molecular formula is C15H15N3O3. The van der Waals surface area contributed by atoms with Gasteiger partial charge in [0, 0.05) is 6.20 Å². The SMILES string of the molecule is CCOC(=O)c1cnn(CCOc2cccc(C#N)c2)c1. The van der Waals surface area contributed by atoms with E-state index in [1.807, 2.05) is 0 Å². The number of esters is 1. The number of aromatic nitrogens is 2. The highest BCUT2D eigenvalue weighted by molar-refractivity contribution is 5.88. The van der Waals surface area contributed by atoms with Crippen LogP contribution in [0.15, 0.2) is 36.7 Å². The lowest BCUT2D eigenvalue weighted by atomic mass is 10.2. The van der Waals surface area contributed by atoms with E-state index in [0.29, 0.717) is 36.6 Å². The fourth-order valence-electron chi connectivity index (χ4n) is 1.72. The predicted molar refractivity (Wildman–Crippen MR) is 74.8 cm³/mol. The lowest BCUT2D eigenvalue weighted by Crippen LogP contribution is -2.09. The van der Waals surface area contributed by atoms with E-state index in [0.717, 1.165) is 0 Å². The normalized spacial score (nSPS) is 9.90. The Balaban J connectivity index is 1.86. The van der Waals surface area contributed by atoms with Gasteiger partial charge in [-0.05, 0) is 25.1 Å². The van der Waals surface area contributed by atoms with Gasteiger partial charge in [0.2, 0.25) is 0 Å². The third-order valence-corrected chi connectivity index (χ3v) is 2.70. The molecule has 0 amide bonds. The summed E-state index contributed by atoms with van der Waals surface area (Å²) in [6, 6.07) is 8.99. The Hall–Kier alpha value is -2.81. The second kappa shape index (κ2) is 7.10. The third-order valence-electron chi connectivity index (χ3n) is 2.70. The van der Waals surface area contributed by atoms with Gasteiger partial charge in [0.05, 0.1) is 36.5 Å². The first-order valence-corrected chi connectivity index (χ1v) is 6.55. The molecule has 0 saturated carbocycles. The first-order chi connectivity index (χ1) is 10.2. The lowest BCUT2D eigenvalue weighted by molar-refractivity contribution is 0.0526. The van der Waals surface area contributed by atoms with Gasteiger partial charge in [-0.15, -0.1) is 0 Å².